The molecule has 0 aliphatic carbocycles. The van der Waals surface area contributed by atoms with Gasteiger partial charge in [0, 0.05) is 24.2 Å². The molecule has 2 N–H and O–H groups in total. The Morgan fingerprint density at radius 1 is 1.35 bits per heavy atom. The van der Waals surface area contributed by atoms with Crippen molar-refractivity contribution in [2.75, 3.05) is 7.05 Å². The van der Waals surface area contributed by atoms with E-state index in [4.69, 9.17) is 11.6 Å². The number of nitrogens with one attached hydrogen (secondary N) is 2. The van der Waals surface area contributed by atoms with E-state index in [-0.39, 0.29) is 10.7 Å². The van der Waals surface area contributed by atoms with Crippen LogP contribution in [0.5, 0.6) is 0 Å². The van der Waals surface area contributed by atoms with Crippen molar-refractivity contribution in [1.82, 2.24) is 15.2 Å². The van der Waals surface area contributed by atoms with Crippen molar-refractivity contribution in [2.45, 2.75) is 0 Å². The van der Waals surface area contributed by atoms with Gasteiger partial charge in [-0.3, -0.25) is 9.69 Å². The summed E-state index contributed by atoms with van der Waals surface area (Å²) in [5.41, 5.74) is 1.25. The average molecular weight is 294 g/mol. The predicted molar refractivity (Wildman–Crippen MR) is 72.5 cm³/mol. The molecule has 7 heteroatoms. The first-order valence-corrected chi connectivity index (χ1v) is 6.12. The van der Waals surface area contributed by atoms with Gasteiger partial charge < -0.3 is 10.3 Å². The van der Waals surface area contributed by atoms with Gasteiger partial charge in [-0.25, -0.2) is 9.18 Å². The fourth-order valence-corrected chi connectivity index (χ4v) is 2.28. The van der Waals surface area contributed by atoms with Crippen LogP contribution in [-0.2, 0) is 4.79 Å². The number of likely N-dealkylation sites (N-methyl/N-ethyl adjacent to an activating group) is 1. The second-order valence-electron chi connectivity index (χ2n) is 4.38. The number of benzene rings is 1. The van der Waals surface area contributed by atoms with Gasteiger partial charge in [-0.05, 0) is 18.2 Å². The molecule has 0 saturated carbocycles. The van der Waals surface area contributed by atoms with E-state index in [1.165, 1.54) is 19.2 Å². The maximum absolute atomic E-state index is 13.3. The van der Waals surface area contributed by atoms with Crippen LogP contribution in [-0.4, -0.2) is 28.9 Å². The summed E-state index contributed by atoms with van der Waals surface area (Å²) in [5, 5.41) is 3.12. The topological polar surface area (TPSA) is 65.2 Å². The Bertz CT molecular complexity index is 781. The van der Waals surface area contributed by atoms with Gasteiger partial charge in [-0.15, -0.1) is 0 Å². The van der Waals surface area contributed by atoms with Crippen molar-refractivity contribution in [2.24, 2.45) is 0 Å². The summed E-state index contributed by atoms with van der Waals surface area (Å²) < 4.78 is 13.3. The molecule has 1 aromatic heterocycles. The van der Waals surface area contributed by atoms with E-state index < -0.39 is 17.8 Å². The minimum Gasteiger partial charge on any atom is -0.359 e. The molecule has 0 bridgehead atoms. The lowest BCUT2D eigenvalue weighted by Gasteiger charge is -1.99. The molecule has 5 nitrogen and oxygen atoms in total. The van der Waals surface area contributed by atoms with Gasteiger partial charge in [0.25, 0.3) is 5.91 Å². The van der Waals surface area contributed by atoms with Gasteiger partial charge in [0.15, 0.2) is 0 Å². The quantitative estimate of drug-likeness (QED) is 0.627. The zero-order valence-corrected chi connectivity index (χ0v) is 11.1. The van der Waals surface area contributed by atoms with Gasteiger partial charge in [0.1, 0.15) is 16.5 Å². The Morgan fingerprint density at radius 2 is 2.10 bits per heavy atom. The molecule has 0 radical (unpaired) electrons. The molecule has 1 saturated heterocycles. The minimum atomic E-state index is -0.523. The van der Waals surface area contributed by atoms with Crippen LogP contribution in [0.4, 0.5) is 9.18 Å². The normalized spacial score (nSPS) is 17.4. The summed E-state index contributed by atoms with van der Waals surface area (Å²) in [6.45, 7) is 0. The molecule has 2 aromatic rings. The number of aromatic amines is 1. The number of rotatable bonds is 1. The number of carbonyl (C=O) groups excluding carboxylic acids is 2. The molecular formula is C13H9ClFN3O2. The first-order chi connectivity index (χ1) is 9.49. The molecule has 1 fully saturated rings. The highest BCUT2D eigenvalue weighted by molar-refractivity contribution is 6.35. The van der Waals surface area contributed by atoms with Crippen LogP contribution in [0.25, 0.3) is 17.0 Å². The van der Waals surface area contributed by atoms with Crippen molar-refractivity contribution >= 4 is 40.5 Å². The van der Waals surface area contributed by atoms with Crippen LogP contribution in [0.2, 0.25) is 5.02 Å². The standard InChI is InChI=1S/C13H9ClFN3O2/c1-18-12(19)9(17-13(18)20)4-6-5-16-11-7(6)2-3-8(15)10(11)14/h2-5,16H,1H3,(H,17,20)/b9-4-. The summed E-state index contributed by atoms with van der Waals surface area (Å²) in [5.74, 6) is -0.942. The molecule has 3 rings (SSSR count). The summed E-state index contributed by atoms with van der Waals surface area (Å²) in [7, 11) is 1.39. The van der Waals surface area contributed by atoms with Gasteiger partial charge in [-0.2, -0.15) is 0 Å². The first-order valence-electron chi connectivity index (χ1n) is 5.75. The number of fused-ring (bicyclic) bond motifs is 1. The zero-order valence-electron chi connectivity index (χ0n) is 10.3. The molecule has 1 aliphatic heterocycles. The van der Waals surface area contributed by atoms with E-state index in [0.29, 0.717) is 16.5 Å². The predicted octanol–water partition coefficient (Wildman–Crippen LogP) is 2.48. The van der Waals surface area contributed by atoms with E-state index in [2.05, 4.69) is 10.3 Å². The molecule has 102 valence electrons. The van der Waals surface area contributed by atoms with E-state index in [1.54, 1.807) is 12.3 Å². The van der Waals surface area contributed by atoms with Crippen molar-refractivity contribution in [1.29, 1.82) is 0 Å². The van der Waals surface area contributed by atoms with Gasteiger partial charge in [0.2, 0.25) is 0 Å². The first kappa shape index (κ1) is 12.7. The Hall–Kier alpha value is -2.34. The van der Waals surface area contributed by atoms with Gasteiger partial charge in [0.05, 0.1) is 5.52 Å². The van der Waals surface area contributed by atoms with E-state index in [0.717, 1.165) is 4.90 Å². The summed E-state index contributed by atoms with van der Waals surface area (Å²) in [6.07, 6.45) is 3.12. The second kappa shape index (κ2) is 4.35. The van der Waals surface area contributed by atoms with E-state index in [1.807, 2.05) is 0 Å². The lowest BCUT2D eigenvalue weighted by molar-refractivity contribution is -0.121. The number of amides is 3. The monoisotopic (exact) mass is 293 g/mol. The highest BCUT2D eigenvalue weighted by Gasteiger charge is 2.30. The van der Waals surface area contributed by atoms with Crippen LogP contribution < -0.4 is 5.32 Å². The number of aromatic nitrogens is 1. The summed E-state index contributed by atoms with van der Waals surface area (Å²) in [4.78, 5) is 27.0. The maximum Gasteiger partial charge on any atom is 0.328 e. The molecular weight excluding hydrogens is 285 g/mol. The zero-order chi connectivity index (χ0) is 14.4. The Labute approximate surface area is 118 Å². The highest BCUT2D eigenvalue weighted by Crippen LogP contribution is 2.29. The Morgan fingerprint density at radius 3 is 2.75 bits per heavy atom. The number of H-pyrrole nitrogens is 1. The third kappa shape index (κ3) is 1.77. The van der Waals surface area contributed by atoms with Crippen LogP contribution >= 0.6 is 11.6 Å². The highest BCUT2D eigenvalue weighted by atomic mass is 35.5. The number of urea groups is 1. The third-order valence-electron chi connectivity index (χ3n) is 3.16. The summed E-state index contributed by atoms with van der Waals surface area (Å²) >= 11 is 5.86. The van der Waals surface area contributed by atoms with E-state index in [9.17, 15) is 14.0 Å². The second-order valence-corrected chi connectivity index (χ2v) is 4.76. The van der Waals surface area contributed by atoms with Crippen molar-refractivity contribution in [3.8, 4) is 0 Å². The molecule has 3 amide bonds. The van der Waals surface area contributed by atoms with Crippen LogP contribution in [0.1, 0.15) is 5.56 Å². The van der Waals surface area contributed by atoms with Crippen molar-refractivity contribution in [3.05, 3.63) is 40.4 Å². The van der Waals surface area contributed by atoms with Crippen LogP contribution in [0.15, 0.2) is 24.0 Å². The Balaban J connectivity index is 2.11. The van der Waals surface area contributed by atoms with Crippen molar-refractivity contribution in [3.63, 3.8) is 0 Å². The molecule has 0 unspecified atom stereocenters. The van der Waals surface area contributed by atoms with Gasteiger partial charge >= 0.3 is 6.03 Å². The molecule has 0 atom stereocenters. The molecule has 1 aliphatic rings. The molecule has 20 heavy (non-hydrogen) atoms. The lowest BCUT2D eigenvalue weighted by Crippen LogP contribution is -2.25. The SMILES string of the molecule is CN1C(=O)N/C(=C\c2c[nH]c3c(Cl)c(F)ccc23)C1=O. The largest absolute Gasteiger partial charge is 0.359 e. The third-order valence-corrected chi connectivity index (χ3v) is 3.53. The summed E-state index contributed by atoms with van der Waals surface area (Å²) in [6, 6.07) is 2.33. The molecule has 1 aromatic carbocycles. The Kier molecular flexibility index (Phi) is 2.76. The fourth-order valence-electron chi connectivity index (χ4n) is 2.06. The van der Waals surface area contributed by atoms with Gasteiger partial charge in [-0.1, -0.05) is 11.6 Å². The number of halogens is 2. The van der Waals surface area contributed by atoms with E-state index >= 15 is 0 Å². The molecule has 0 spiro atoms. The fraction of sp³-hybridized carbons (Fsp3) is 0.0769. The molecule has 2 heterocycles. The maximum atomic E-state index is 13.3. The smallest absolute Gasteiger partial charge is 0.328 e. The lowest BCUT2D eigenvalue weighted by atomic mass is 10.1. The average Bonchev–Trinajstić information content (AvgIpc) is 2.93. The van der Waals surface area contributed by atoms with Crippen molar-refractivity contribution < 1.29 is 14.0 Å². The van der Waals surface area contributed by atoms with Crippen LogP contribution in [0.3, 0.4) is 0 Å². The number of hydrogen-bond donors (Lipinski definition) is 2. The number of nitrogens with zero attached hydrogens (tertiary/aromatic N) is 1. The number of imide groups is 1. The number of carbonyl (C=O) groups is 2. The minimum absolute atomic E-state index is 0.00829. The number of hydrogen-bond acceptors (Lipinski definition) is 2. The van der Waals surface area contributed by atoms with Crippen LogP contribution in [0, 0.1) is 5.82 Å².